The van der Waals surface area contributed by atoms with Crippen molar-refractivity contribution in [3.63, 3.8) is 0 Å². The first-order valence-electron chi connectivity index (χ1n) is 6.13. The minimum absolute atomic E-state index is 0.210. The lowest BCUT2D eigenvalue weighted by Crippen LogP contribution is -2.70. The summed E-state index contributed by atoms with van der Waals surface area (Å²) in [6.07, 6.45) is -0.338. The van der Waals surface area contributed by atoms with Gasteiger partial charge in [-0.3, -0.25) is 4.79 Å². The number of aliphatic hydroxyl groups is 1. The van der Waals surface area contributed by atoms with Crippen molar-refractivity contribution >= 4 is 56.6 Å². The number of Topliss-reactive ketones (excluding diaryl/α,β-unsaturated/α-hetero) is 1. The third-order valence-electron chi connectivity index (χ3n) is 4.08. The van der Waals surface area contributed by atoms with E-state index in [4.69, 9.17) is 56.6 Å². The van der Waals surface area contributed by atoms with Crippen molar-refractivity contribution in [2.75, 3.05) is 0 Å². The Morgan fingerprint density at radius 1 is 1.14 bits per heavy atom. The van der Waals surface area contributed by atoms with Crippen LogP contribution in [0.15, 0.2) is 24.3 Å². The van der Waals surface area contributed by atoms with E-state index in [0.717, 1.165) is 0 Å². The van der Waals surface area contributed by atoms with Crippen LogP contribution in [0.1, 0.15) is 12.0 Å². The summed E-state index contributed by atoms with van der Waals surface area (Å²) in [6, 6.07) is 6.34. The van der Waals surface area contributed by atoms with E-state index in [1.165, 1.54) is 12.1 Å². The van der Waals surface area contributed by atoms with E-state index >= 15 is 0 Å². The highest BCUT2D eigenvalue weighted by Crippen LogP contribution is 2.60. The Labute approximate surface area is 135 Å². The van der Waals surface area contributed by atoms with Crippen LogP contribution in [0, 0.1) is 0 Å². The van der Waals surface area contributed by atoms with Crippen LogP contribution in [-0.4, -0.2) is 55.6 Å². The van der Waals surface area contributed by atoms with Crippen LogP contribution < -0.4 is 5.73 Å². The molecule has 3 nitrogen and oxygen atoms in total. The summed E-state index contributed by atoms with van der Waals surface area (Å²) in [6.45, 7) is 0. The monoisotopic (exact) mass is 289 g/mol. The van der Waals surface area contributed by atoms with E-state index in [0.29, 0.717) is 0 Å². The van der Waals surface area contributed by atoms with E-state index in [-0.39, 0.29) is 17.0 Å². The molecule has 0 saturated heterocycles. The third-order valence-corrected chi connectivity index (χ3v) is 4.41. The fraction of sp³-hybridized carbons (Fsp3) is 0.417. The standard InChI is InChI=1S/C12H9B5ClNO2/c13-10(14)5-9(19,6-3-1-2-4-7(6)18)8(20)11(15,21)12(10,16)17/h1-4,21H,5,19H2. The minimum atomic E-state index is -2.72. The Bertz CT molecular complexity index is 607. The van der Waals surface area contributed by atoms with Crippen LogP contribution in [0.4, 0.5) is 0 Å². The highest BCUT2D eigenvalue weighted by atomic mass is 35.5. The first kappa shape index (κ1) is 16.8. The fourth-order valence-electron chi connectivity index (χ4n) is 2.61. The molecule has 0 aliphatic heterocycles. The highest BCUT2D eigenvalue weighted by Gasteiger charge is 2.62. The van der Waals surface area contributed by atoms with Gasteiger partial charge in [0.15, 0.2) is 5.78 Å². The summed E-state index contributed by atoms with van der Waals surface area (Å²) in [5.41, 5.74) is 1.85. The summed E-state index contributed by atoms with van der Waals surface area (Å²) in [5.74, 6) is -1.00. The second-order valence-corrected chi connectivity index (χ2v) is 6.04. The Balaban J connectivity index is 2.67. The second kappa shape index (κ2) is 4.71. The Morgan fingerprint density at radius 3 is 2.19 bits per heavy atom. The van der Waals surface area contributed by atoms with Crippen LogP contribution in [0.25, 0.3) is 0 Å². The van der Waals surface area contributed by atoms with E-state index in [2.05, 4.69) is 0 Å². The first-order valence-corrected chi connectivity index (χ1v) is 6.51. The van der Waals surface area contributed by atoms with Crippen LogP contribution in [0.5, 0.6) is 0 Å². The van der Waals surface area contributed by atoms with Crippen LogP contribution in [0.3, 0.4) is 0 Å². The zero-order valence-corrected chi connectivity index (χ0v) is 12.0. The van der Waals surface area contributed by atoms with Crippen molar-refractivity contribution in [3.05, 3.63) is 34.9 Å². The van der Waals surface area contributed by atoms with Gasteiger partial charge in [0.25, 0.3) is 0 Å². The predicted molar refractivity (Wildman–Crippen MR) is 86.0 cm³/mol. The average Bonchev–Trinajstić information content (AvgIpc) is 2.35. The van der Waals surface area contributed by atoms with Gasteiger partial charge in [0, 0.05) is 5.02 Å². The van der Waals surface area contributed by atoms with Crippen molar-refractivity contribution in [3.8, 4) is 0 Å². The molecule has 9 heteroatoms. The van der Waals surface area contributed by atoms with Crippen LogP contribution in [0.2, 0.25) is 15.5 Å². The average molecular weight is 289 g/mol. The second-order valence-electron chi connectivity index (χ2n) is 5.63. The first-order chi connectivity index (χ1) is 9.38. The molecule has 3 N–H and O–H groups in total. The molecule has 0 heterocycles. The number of hydrogen-bond acceptors (Lipinski definition) is 3. The number of rotatable bonds is 1. The summed E-state index contributed by atoms with van der Waals surface area (Å²) in [7, 11) is 28.8. The van der Waals surface area contributed by atoms with Gasteiger partial charge in [0.05, 0.1) is 36.9 Å². The van der Waals surface area contributed by atoms with E-state index in [9.17, 15) is 9.90 Å². The number of ketones is 1. The zero-order valence-electron chi connectivity index (χ0n) is 11.2. The van der Waals surface area contributed by atoms with Crippen molar-refractivity contribution in [1.29, 1.82) is 0 Å². The molecule has 2 unspecified atom stereocenters. The van der Waals surface area contributed by atoms with Crippen LogP contribution in [-0.2, 0) is 10.3 Å². The molecule has 2 rings (SSSR count). The summed E-state index contributed by atoms with van der Waals surface area (Å²) < 4.78 is 0. The van der Waals surface area contributed by atoms with Gasteiger partial charge in [-0.25, -0.2) is 0 Å². The molecule has 21 heavy (non-hydrogen) atoms. The minimum Gasteiger partial charge on any atom is -0.393 e. The molecule has 1 fully saturated rings. The molecule has 1 saturated carbocycles. The number of nitrogens with two attached hydrogens (primary N) is 1. The fourth-order valence-corrected chi connectivity index (χ4v) is 2.92. The smallest absolute Gasteiger partial charge is 0.177 e. The quantitative estimate of drug-likeness (QED) is 0.667. The lowest BCUT2D eigenvalue weighted by atomic mass is 9.19. The van der Waals surface area contributed by atoms with Crippen molar-refractivity contribution in [2.24, 2.45) is 5.73 Å². The maximum Gasteiger partial charge on any atom is 0.177 e. The molecule has 2 atom stereocenters. The number of benzene rings is 1. The number of carbonyl (C=O) groups excluding carboxylic acids is 1. The lowest BCUT2D eigenvalue weighted by Gasteiger charge is -2.61. The highest BCUT2D eigenvalue weighted by molar-refractivity contribution is 6.60. The zero-order chi connectivity index (χ0) is 16.3. The van der Waals surface area contributed by atoms with Gasteiger partial charge in [0.2, 0.25) is 0 Å². The molecule has 0 bridgehead atoms. The van der Waals surface area contributed by atoms with Crippen molar-refractivity contribution < 1.29 is 9.90 Å². The lowest BCUT2D eigenvalue weighted by molar-refractivity contribution is -0.141. The molecule has 0 aromatic heterocycles. The largest absolute Gasteiger partial charge is 0.393 e. The molecular formula is C12H9B5ClNO2. The van der Waals surface area contributed by atoms with E-state index < -0.39 is 27.2 Å². The SMILES string of the molecule is [B]C1([B])CC(N)(c2ccccc2Cl)C(=O)C([B])(O)C1([B])[B]. The number of hydrogen-bond donors (Lipinski definition) is 2. The molecule has 0 amide bonds. The molecule has 1 aromatic carbocycles. The third kappa shape index (κ3) is 2.15. The van der Waals surface area contributed by atoms with Gasteiger partial charge in [-0.1, -0.05) is 35.0 Å². The van der Waals surface area contributed by atoms with E-state index in [1.54, 1.807) is 12.1 Å². The van der Waals surface area contributed by atoms with Crippen molar-refractivity contribution in [1.82, 2.24) is 0 Å². The maximum atomic E-state index is 12.6. The van der Waals surface area contributed by atoms with Gasteiger partial charge in [-0.15, -0.1) is 5.21 Å². The van der Waals surface area contributed by atoms with Gasteiger partial charge in [-0.2, -0.15) is 0 Å². The molecule has 0 spiro atoms. The van der Waals surface area contributed by atoms with Gasteiger partial charge in [0.1, 0.15) is 13.4 Å². The number of carbonyl (C=O) groups is 1. The van der Waals surface area contributed by atoms with Gasteiger partial charge >= 0.3 is 0 Å². The van der Waals surface area contributed by atoms with Crippen LogP contribution >= 0.6 is 11.6 Å². The summed E-state index contributed by atoms with van der Waals surface area (Å²) in [5, 5.41) is 6.33. The number of halogens is 1. The molecular weight excluding hydrogens is 280 g/mol. The molecule has 10 radical (unpaired) electrons. The Morgan fingerprint density at radius 2 is 1.67 bits per heavy atom. The topological polar surface area (TPSA) is 63.3 Å². The van der Waals surface area contributed by atoms with Gasteiger partial charge < -0.3 is 10.8 Å². The molecule has 1 aromatic rings. The molecule has 1 aliphatic carbocycles. The van der Waals surface area contributed by atoms with Gasteiger partial charge in [-0.05, 0) is 18.1 Å². The van der Waals surface area contributed by atoms with Crippen molar-refractivity contribution in [2.45, 2.75) is 27.9 Å². The summed E-state index contributed by atoms with van der Waals surface area (Å²) in [4.78, 5) is 12.6. The van der Waals surface area contributed by atoms with E-state index in [1.807, 2.05) is 0 Å². The predicted octanol–water partition coefficient (Wildman–Crippen LogP) is -0.770. The Hall–Kier alpha value is -0.575. The molecule has 1 aliphatic rings. The summed E-state index contributed by atoms with van der Waals surface area (Å²) >= 11 is 6.07. The molecule has 96 valence electrons. The maximum absolute atomic E-state index is 12.6. The normalized spacial score (nSPS) is 34.5. The Kier molecular flexibility index (Phi) is 3.76.